The van der Waals surface area contributed by atoms with Crippen molar-refractivity contribution in [1.82, 2.24) is 14.5 Å². The average Bonchev–Trinajstić information content (AvgIpc) is 2.75. The van der Waals surface area contributed by atoms with E-state index in [1.54, 1.807) is 12.3 Å². The number of aromatic nitrogens is 3. The Labute approximate surface area is 127 Å². The van der Waals surface area contributed by atoms with Gasteiger partial charge >= 0.3 is 0 Å². The number of aryl methyl sites for hydroxylation is 1. The molecule has 0 aliphatic rings. The Bertz CT molecular complexity index is 824. The molecule has 0 radical (unpaired) electrons. The molecule has 108 valence electrons. The van der Waals surface area contributed by atoms with Gasteiger partial charge in [-0.3, -0.25) is 0 Å². The maximum atomic E-state index is 14.4. The number of fused-ring (bicyclic) bond motifs is 1. The van der Waals surface area contributed by atoms with Crippen LogP contribution in [0.25, 0.3) is 22.2 Å². The van der Waals surface area contributed by atoms with E-state index in [0.717, 1.165) is 22.5 Å². The fraction of sp³-hybridized carbons (Fsp3) is 0.250. The van der Waals surface area contributed by atoms with Crippen LogP contribution in [0.2, 0.25) is 5.15 Å². The number of pyridine rings is 1. The number of rotatable bonds is 2. The molecule has 0 bridgehead atoms. The van der Waals surface area contributed by atoms with E-state index in [0.29, 0.717) is 10.7 Å². The van der Waals surface area contributed by atoms with Crippen molar-refractivity contribution in [2.75, 3.05) is 0 Å². The second-order valence-electron chi connectivity index (χ2n) is 5.32. The topological polar surface area (TPSA) is 30.7 Å². The number of hydrogen-bond acceptors (Lipinski definition) is 2. The molecule has 0 fully saturated rings. The molecular weight excluding hydrogens is 289 g/mol. The Hall–Kier alpha value is -1.94. The normalized spacial score (nSPS) is 11.5. The molecular formula is C16H15ClFN3. The lowest BCUT2D eigenvalue weighted by molar-refractivity contribution is 0.600. The highest BCUT2D eigenvalue weighted by atomic mass is 35.5. The Balaban J connectivity index is 2.29. The summed E-state index contributed by atoms with van der Waals surface area (Å²) in [7, 11) is 0. The van der Waals surface area contributed by atoms with E-state index in [1.807, 2.05) is 23.6 Å². The fourth-order valence-corrected chi connectivity index (χ4v) is 2.84. The minimum atomic E-state index is -0.321. The lowest BCUT2D eigenvalue weighted by Crippen LogP contribution is -2.02. The van der Waals surface area contributed by atoms with Gasteiger partial charge in [0.15, 0.2) is 5.82 Å². The molecule has 5 heteroatoms. The first-order chi connectivity index (χ1) is 9.97. The third-order valence-electron chi connectivity index (χ3n) is 3.50. The summed E-state index contributed by atoms with van der Waals surface area (Å²) in [4.78, 5) is 8.29. The number of nitrogens with zero attached hydrogens (tertiary/aromatic N) is 3. The summed E-state index contributed by atoms with van der Waals surface area (Å²) >= 11 is 5.92. The molecule has 0 N–H and O–H groups in total. The molecule has 0 spiro atoms. The quantitative estimate of drug-likeness (QED) is 0.638. The maximum Gasteiger partial charge on any atom is 0.151 e. The van der Waals surface area contributed by atoms with Crippen molar-refractivity contribution in [3.8, 4) is 11.1 Å². The largest absolute Gasteiger partial charge is 0.326 e. The Morgan fingerprint density at radius 2 is 1.95 bits per heavy atom. The van der Waals surface area contributed by atoms with Gasteiger partial charge in [0, 0.05) is 12.2 Å². The molecule has 2 heterocycles. The van der Waals surface area contributed by atoms with Crippen LogP contribution < -0.4 is 0 Å². The van der Waals surface area contributed by atoms with Gasteiger partial charge < -0.3 is 4.57 Å². The number of benzene rings is 1. The van der Waals surface area contributed by atoms with Crippen molar-refractivity contribution in [3.63, 3.8) is 0 Å². The zero-order chi connectivity index (χ0) is 15.1. The van der Waals surface area contributed by atoms with Crippen LogP contribution in [0.5, 0.6) is 0 Å². The highest BCUT2D eigenvalue weighted by Crippen LogP contribution is 2.29. The molecule has 21 heavy (non-hydrogen) atoms. The van der Waals surface area contributed by atoms with Crippen molar-refractivity contribution >= 4 is 22.6 Å². The van der Waals surface area contributed by atoms with Gasteiger partial charge in [0.25, 0.3) is 0 Å². The number of halogens is 2. The summed E-state index contributed by atoms with van der Waals surface area (Å²) in [5.74, 6) is 0.488. The first-order valence-electron chi connectivity index (χ1n) is 6.77. The number of hydrogen-bond donors (Lipinski definition) is 0. The highest BCUT2D eigenvalue weighted by Gasteiger charge is 2.15. The third kappa shape index (κ3) is 2.40. The standard InChI is InChI=1S/C16H15ClFN3/c1-9(2)21-10(3)20-16-13(18)6-12(7-14(16)21)11-4-5-19-15(17)8-11/h4-9H,1-3H3. The van der Waals surface area contributed by atoms with E-state index >= 15 is 0 Å². The van der Waals surface area contributed by atoms with Crippen molar-refractivity contribution in [2.24, 2.45) is 0 Å². The summed E-state index contributed by atoms with van der Waals surface area (Å²) in [6, 6.07) is 7.20. The van der Waals surface area contributed by atoms with Gasteiger partial charge in [-0.1, -0.05) is 11.6 Å². The van der Waals surface area contributed by atoms with E-state index in [-0.39, 0.29) is 11.9 Å². The summed E-state index contributed by atoms with van der Waals surface area (Å²) in [6.45, 7) is 6.01. The van der Waals surface area contributed by atoms with E-state index in [4.69, 9.17) is 11.6 Å². The van der Waals surface area contributed by atoms with E-state index in [2.05, 4.69) is 23.8 Å². The van der Waals surface area contributed by atoms with Crippen molar-refractivity contribution in [1.29, 1.82) is 0 Å². The van der Waals surface area contributed by atoms with Crippen molar-refractivity contribution < 1.29 is 4.39 Å². The molecule has 2 aromatic heterocycles. The molecule has 1 aromatic carbocycles. The van der Waals surface area contributed by atoms with Crippen LogP contribution in [0.4, 0.5) is 4.39 Å². The minimum absolute atomic E-state index is 0.214. The fourth-order valence-electron chi connectivity index (χ4n) is 2.67. The molecule has 0 saturated carbocycles. The zero-order valence-corrected chi connectivity index (χ0v) is 12.8. The average molecular weight is 304 g/mol. The smallest absolute Gasteiger partial charge is 0.151 e. The van der Waals surface area contributed by atoms with Crippen LogP contribution in [0.1, 0.15) is 25.7 Å². The third-order valence-corrected chi connectivity index (χ3v) is 3.71. The second kappa shape index (κ2) is 5.11. The SMILES string of the molecule is Cc1nc2c(F)cc(-c3ccnc(Cl)c3)cc2n1C(C)C. The Kier molecular flexibility index (Phi) is 3.41. The monoisotopic (exact) mass is 303 g/mol. The van der Waals surface area contributed by atoms with Crippen LogP contribution in [0.3, 0.4) is 0 Å². The number of imidazole rings is 1. The maximum absolute atomic E-state index is 14.4. The molecule has 3 nitrogen and oxygen atoms in total. The predicted octanol–water partition coefficient (Wildman–Crippen LogP) is 4.78. The predicted molar refractivity (Wildman–Crippen MR) is 83.1 cm³/mol. The lowest BCUT2D eigenvalue weighted by Gasteiger charge is -2.11. The van der Waals surface area contributed by atoms with Gasteiger partial charge in [-0.2, -0.15) is 0 Å². The minimum Gasteiger partial charge on any atom is -0.326 e. The first-order valence-corrected chi connectivity index (χ1v) is 7.15. The van der Waals surface area contributed by atoms with E-state index in [9.17, 15) is 4.39 Å². The van der Waals surface area contributed by atoms with Crippen LogP contribution in [-0.4, -0.2) is 14.5 Å². The Morgan fingerprint density at radius 3 is 2.62 bits per heavy atom. The molecule has 0 atom stereocenters. The summed E-state index contributed by atoms with van der Waals surface area (Å²) in [5, 5.41) is 0.390. The lowest BCUT2D eigenvalue weighted by atomic mass is 10.1. The summed E-state index contributed by atoms with van der Waals surface area (Å²) in [6.07, 6.45) is 1.62. The zero-order valence-electron chi connectivity index (χ0n) is 12.1. The molecule has 3 rings (SSSR count). The van der Waals surface area contributed by atoms with Gasteiger partial charge in [-0.15, -0.1) is 0 Å². The molecule has 0 aliphatic heterocycles. The van der Waals surface area contributed by atoms with Gasteiger partial charge in [-0.05, 0) is 56.2 Å². The van der Waals surface area contributed by atoms with Crippen LogP contribution in [0.15, 0.2) is 30.5 Å². The van der Waals surface area contributed by atoms with Crippen LogP contribution in [-0.2, 0) is 0 Å². The second-order valence-corrected chi connectivity index (χ2v) is 5.70. The summed E-state index contributed by atoms with van der Waals surface area (Å²) in [5.41, 5.74) is 2.81. The molecule has 0 aliphatic carbocycles. The Morgan fingerprint density at radius 1 is 1.19 bits per heavy atom. The van der Waals surface area contributed by atoms with Crippen molar-refractivity contribution in [3.05, 3.63) is 47.3 Å². The van der Waals surface area contributed by atoms with Gasteiger partial charge in [0.2, 0.25) is 0 Å². The van der Waals surface area contributed by atoms with Crippen LogP contribution in [0, 0.1) is 12.7 Å². The molecule has 0 amide bonds. The van der Waals surface area contributed by atoms with Crippen molar-refractivity contribution in [2.45, 2.75) is 26.8 Å². The van der Waals surface area contributed by atoms with E-state index < -0.39 is 0 Å². The van der Waals surface area contributed by atoms with Gasteiger partial charge in [0.1, 0.15) is 16.5 Å². The molecule has 3 aromatic rings. The summed E-state index contributed by atoms with van der Waals surface area (Å²) < 4.78 is 16.4. The van der Waals surface area contributed by atoms with Gasteiger partial charge in [-0.25, -0.2) is 14.4 Å². The van der Waals surface area contributed by atoms with E-state index in [1.165, 1.54) is 6.07 Å². The first kappa shape index (κ1) is 14.0. The highest BCUT2D eigenvalue weighted by molar-refractivity contribution is 6.29. The van der Waals surface area contributed by atoms with Crippen LogP contribution >= 0.6 is 11.6 Å². The van der Waals surface area contributed by atoms with Gasteiger partial charge in [0.05, 0.1) is 5.52 Å². The molecule has 0 saturated heterocycles. The molecule has 0 unspecified atom stereocenters.